The molecule has 0 aromatic heterocycles. The molecule has 25 heavy (non-hydrogen) atoms. The predicted octanol–water partition coefficient (Wildman–Crippen LogP) is 3.91. The van der Waals surface area contributed by atoms with Gasteiger partial charge in [0.25, 0.3) is 5.91 Å². The van der Waals surface area contributed by atoms with Gasteiger partial charge in [-0.1, -0.05) is 29.8 Å². The zero-order valence-electron chi connectivity index (χ0n) is 13.1. The Morgan fingerprint density at radius 1 is 1.24 bits per heavy atom. The molecule has 126 valence electrons. The summed E-state index contributed by atoms with van der Waals surface area (Å²) < 4.78 is 0. The fraction of sp³-hybridized carbons (Fsp3) is 0.118. The minimum Gasteiger partial charge on any atom is -0.478 e. The van der Waals surface area contributed by atoms with Crippen molar-refractivity contribution in [2.24, 2.45) is 15.3 Å². The first-order chi connectivity index (χ1) is 12.0. The number of azo groups is 1. The summed E-state index contributed by atoms with van der Waals surface area (Å²) in [6, 6.07) is 12.0. The first kappa shape index (κ1) is 16.8. The summed E-state index contributed by atoms with van der Waals surface area (Å²) in [6.07, 6.45) is 0. The Labute approximate surface area is 148 Å². The molecule has 0 saturated heterocycles. The van der Waals surface area contributed by atoms with Gasteiger partial charge in [-0.3, -0.25) is 4.79 Å². The lowest BCUT2D eigenvalue weighted by atomic mass is 10.2. The van der Waals surface area contributed by atoms with Crippen molar-refractivity contribution in [3.05, 3.63) is 59.1 Å². The van der Waals surface area contributed by atoms with E-state index in [1.165, 1.54) is 17.1 Å². The van der Waals surface area contributed by atoms with E-state index in [-0.39, 0.29) is 17.2 Å². The Hall–Kier alpha value is -3.06. The molecule has 8 heteroatoms. The van der Waals surface area contributed by atoms with Gasteiger partial charge < -0.3 is 5.11 Å². The molecule has 7 nitrogen and oxygen atoms in total. The van der Waals surface area contributed by atoms with E-state index < -0.39 is 12.0 Å². The normalized spacial score (nSPS) is 17.2. The zero-order chi connectivity index (χ0) is 18.0. The number of nitrogens with zero attached hydrogens (tertiary/aromatic N) is 4. The number of anilines is 1. The summed E-state index contributed by atoms with van der Waals surface area (Å²) in [7, 11) is 0. The molecular formula is C17H13ClN4O3. The van der Waals surface area contributed by atoms with Crippen LogP contribution in [0.25, 0.3) is 0 Å². The Morgan fingerprint density at radius 2 is 2.00 bits per heavy atom. The molecule has 0 spiro atoms. The summed E-state index contributed by atoms with van der Waals surface area (Å²) in [5.74, 6) is -1.49. The van der Waals surface area contributed by atoms with E-state index in [4.69, 9.17) is 16.7 Å². The number of rotatable bonds is 4. The van der Waals surface area contributed by atoms with Crippen LogP contribution in [-0.4, -0.2) is 28.7 Å². The Morgan fingerprint density at radius 3 is 2.72 bits per heavy atom. The maximum absolute atomic E-state index is 12.6. The Kier molecular flexibility index (Phi) is 4.58. The maximum atomic E-state index is 12.6. The lowest BCUT2D eigenvalue weighted by Crippen LogP contribution is -2.29. The quantitative estimate of drug-likeness (QED) is 0.841. The highest BCUT2D eigenvalue weighted by Crippen LogP contribution is 2.26. The molecule has 1 atom stereocenters. The number of aromatic carboxylic acids is 1. The van der Waals surface area contributed by atoms with Crippen LogP contribution in [-0.2, 0) is 4.79 Å². The average molecular weight is 357 g/mol. The van der Waals surface area contributed by atoms with Gasteiger partial charge in [0.15, 0.2) is 6.04 Å². The lowest BCUT2D eigenvalue weighted by Gasteiger charge is -2.12. The summed E-state index contributed by atoms with van der Waals surface area (Å²) in [6.45, 7) is 1.66. The summed E-state index contributed by atoms with van der Waals surface area (Å²) in [5, 5.41) is 23.0. The topological polar surface area (TPSA) is 94.7 Å². The monoisotopic (exact) mass is 356 g/mol. The van der Waals surface area contributed by atoms with E-state index in [0.717, 1.165) is 0 Å². The van der Waals surface area contributed by atoms with Crippen molar-refractivity contribution >= 4 is 40.6 Å². The molecule has 0 saturated carbocycles. The van der Waals surface area contributed by atoms with Crippen molar-refractivity contribution in [2.45, 2.75) is 13.0 Å². The highest BCUT2D eigenvalue weighted by atomic mass is 35.5. The van der Waals surface area contributed by atoms with E-state index in [1.54, 1.807) is 43.3 Å². The maximum Gasteiger partial charge on any atom is 0.337 e. The molecule has 2 aromatic carbocycles. The second-order valence-electron chi connectivity index (χ2n) is 5.31. The van der Waals surface area contributed by atoms with Gasteiger partial charge in [0, 0.05) is 5.02 Å². The highest BCUT2D eigenvalue weighted by Gasteiger charge is 2.34. The van der Waals surface area contributed by atoms with Crippen molar-refractivity contribution in [1.82, 2.24) is 0 Å². The van der Waals surface area contributed by atoms with Crippen LogP contribution >= 0.6 is 11.6 Å². The number of halogens is 1. The van der Waals surface area contributed by atoms with Crippen LogP contribution in [0.4, 0.5) is 11.4 Å². The van der Waals surface area contributed by atoms with Crippen molar-refractivity contribution in [3.8, 4) is 0 Å². The molecule has 1 amide bonds. The molecular weight excluding hydrogens is 344 g/mol. The van der Waals surface area contributed by atoms with Gasteiger partial charge in [-0.25, -0.2) is 4.79 Å². The number of benzene rings is 2. The molecule has 3 rings (SSSR count). The van der Waals surface area contributed by atoms with Crippen LogP contribution in [0.15, 0.2) is 63.9 Å². The number of carboxylic acid groups (broad SMARTS) is 1. The third kappa shape index (κ3) is 3.41. The number of carboxylic acids is 1. The molecule has 2 aromatic rings. The molecule has 1 N–H and O–H groups in total. The smallest absolute Gasteiger partial charge is 0.337 e. The first-order valence-corrected chi connectivity index (χ1v) is 7.73. The van der Waals surface area contributed by atoms with E-state index in [0.29, 0.717) is 16.4 Å². The molecule has 0 radical (unpaired) electrons. The van der Waals surface area contributed by atoms with Crippen LogP contribution in [0.2, 0.25) is 5.02 Å². The summed E-state index contributed by atoms with van der Waals surface area (Å²) in [4.78, 5) is 23.8. The number of hydrogen-bond acceptors (Lipinski definition) is 5. The second kappa shape index (κ2) is 6.82. The molecule has 1 heterocycles. The molecule has 1 unspecified atom stereocenters. The fourth-order valence-electron chi connectivity index (χ4n) is 2.34. The number of carbonyl (C=O) groups is 2. The molecule has 1 aliphatic heterocycles. The van der Waals surface area contributed by atoms with Crippen molar-refractivity contribution in [1.29, 1.82) is 0 Å². The average Bonchev–Trinajstić information content (AvgIpc) is 2.87. The SMILES string of the molecule is CC1=NN(c2cccc(Cl)c2)C(=O)C1N=Nc1ccccc1C(=O)O. The first-order valence-electron chi connectivity index (χ1n) is 7.35. The Bertz CT molecular complexity index is 910. The number of carbonyl (C=O) groups excluding carboxylic acids is 1. The van der Waals surface area contributed by atoms with Gasteiger partial charge in [0.1, 0.15) is 0 Å². The molecule has 0 fully saturated rings. The van der Waals surface area contributed by atoms with Gasteiger partial charge in [-0.05, 0) is 37.3 Å². The molecule has 0 bridgehead atoms. The van der Waals surface area contributed by atoms with Crippen molar-refractivity contribution in [3.63, 3.8) is 0 Å². The third-order valence-electron chi connectivity index (χ3n) is 3.56. The van der Waals surface area contributed by atoms with E-state index >= 15 is 0 Å². The predicted molar refractivity (Wildman–Crippen MR) is 93.8 cm³/mol. The van der Waals surface area contributed by atoms with Gasteiger partial charge in [-0.15, -0.1) is 0 Å². The van der Waals surface area contributed by atoms with Gasteiger partial charge in [0.2, 0.25) is 0 Å². The standard InChI is InChI=1S/C17H13ClN4O3/c1-10-15(20-19-14-8-3-2-7-13(14)17(24)25)16(23)22(21-10)12-6-4-5-11(18)9-12/h2-9,15H,1H3,(H,24,25). The van der Waals surface area contributed by atoms with E-state index in [2.05, 4.69) is 15.3 Å². The van der Waals surface area contributed by atoms with Crippen LogP contribution in [0.3, 0.4) is 0 Å². The van der Waals surface area contributed by atoms with Crippen LogP contribution in [0.1, 0.15) is 17.3 Å². The van der Waals surface area contributed by atoms with Gasteiger partial charge in [0.05, 0.1) is 22.6 Å². The van der Waals surface area contributed by atoms with Crippen LogP contribution in [0.5, 0.6) is 0 Å². The molecule has 0 aliphatic carbocycles. The summed E-state index contributed by atoms with van der Waals surface area (Å²) in [5.41, 5.74) is 1.18. The van der Waals surface area contributed by atoms with Crippen LogP contribution < -0.4 is 5.01 Å². The summed E-state index contributed by atoms with van der Waals surface area (Å²) >= 11 is 5.95. The third-order valence-corrected chi connectivity index (χ3v) is 3.80. The zero-order valence-corrected chi connectivity index (χ0v) is 13.9. The molecule has 1 aliphatic rings. The number of amides is 1. The largest absolute Gasteiger partial charge is 0.478 e. The Balaban J connectivity index is 1.87. The van der Waals surface area contributed by atoms with Crippen molar-refractivity contribution < 1.29 is 14.7 Å². The van der Waals surface area contributed by atoms with E-state index in [9.17, 15) is 9.59 Å². The minimum absolute atomic E-state index is 0.0120. The minimum atomic E-state index is -1.11. The van der Waals surface area contributed by atoms with Crippen molar-refractivity contribution in [2.75, 3.05) is 5.01 Å². The van der Waals surface area contributed by atoms with Gasteiger partial charge >= 0.3 is 5.97 Å². The second-order valence-corrected chi connectivity index (χ2v) is 5.75. The number of hydrogen-bond donors (Lipinski definition) is 1. The van der Waals surface area contributed by atoms with Gasteiger partial charge in [-0.2, -0.15) is 20.3 Å². The van der Waals surface area contributed by atoms with E-state index in [1.807, 2.05) is 0 Å². The number of hydrazone groups is 1. The van der Waals surface area contributed by atoms with Crippen LogP contribution in [0, 0.1) is 0 Å². The fourth-order valence-corrected chi connectivity index (χ4v) is 2.53. The lowest BCUT2D eigenvalue weighted by molar-refractivity contribution is -0.117. The highest BCUT2D eigenvalue weighted by molar-refractivity contribution is 6.31.